The molecular weight excluding hydrogens is 712 g/mol. The molecule has 10 nitrogen and oxygen atoms in total. The van der Waals surface area contributed by atoms with Crippen LogP contribution in [0.3, 0.4) is 0 Å². The van der Waals surface area contributed by atoms with Crippen LogP contribution in [-0.2, 0) is 47.4 Å². The lowest BCUT2D eigenvalue weighted by atomic mass is 10.0. The average molecular weight is 807 g/mol. The van der Waals surface area contributed by atoms with E-state index < -0.39 is 0 Å². The first-order valence-corrected chi connectivity index (χ1v) is 23.7. The summed E-state index contributed by atoms with van der Waals surface area (Å²) in [6.07, 6.45) is 32.7. The fourth-order valence-corrected chi connectivity index (χ4v) is 6.17. The van der Waals surface area contributed by atoms with E-state index in [1.54, 1.807) is 0 Å². The number of hydrogen-bond acceptors (Lipinski definition) is 10. The predicted octanol–water partition coefficient (Wildman–Crippen LogP) is 10.6. The van der Waals surface area contributed by atoms with Gasteiger partial charge in [0.25, 0.3) is 0 Å². The number of unbranched alkanes of at least 4 members (excludes halogenated alkanes) is 22. The number of rotatable bonds is 53. The van der Waals surface area contributed by atoms with Gasteiger partial charge in [0.05, 0.1) is 119 Å². The van der Waals surface area contributed by atoms with Gasteiger partial charge in [-0.1, -0.05) is 155 Å². The van der Waals surface area contributed by atoms with Crippen molar-refractivity contribution in [1.82, 2.24) is 0 Å². The zero-order chi connectivity index (χ0) is 40.2. The Bertz CT molecular complexity index is 605. The van der Waals surface area contributed by atoms with E-state index >= 15 is 0 Å². The summed E-state index contributed by atoms with van der Waals surface area (Å²) in [7, 11) is 0. The third kappa shape index (κ3) is 53.6. The van der Waals surface area contributed by atoms with Gasteiger partial charge in [-0.25, -0.2) is 0 Å². The molecule has 0 saturated heterocycles. The molecule has 10 heteroatoms. The van der Waals surface area contributed by atoms with Gasteiger partial charge in [0.15, 0.2) is 0 Å². The van der Waals surface area contributed by atoms with Crippen molar-refractivity contribution in [3.63, 3.8) is 0 Å². The smallest absolute Gasteiger partial charge is 0.0701 e. The molecule has 0 fully saturated rings. The van der Waals surface area contributed by atoms with Crippen LogP contribution in [0.25, 0.3) is 0 Å². The van der Waals surface area contributed by atoms with Gasteiger partial charge in [-0.05, 0) is 12.8 Å². The summed E-state index contributed by atoms with van der Waals surface area (Å²) in [5.74, 6) is 0. The lowest BCUT2D eigenvalue weighted by Gasteiger charge is -2.09. The summed E-state index contributed by atoms with van der Waals surface area (Å²) in [5.41, 5.74) is 0. The molecule has 0 saturated carbocycles. The monoisotopic (exact) mass is 807 g/mol. The zero-order valence-electron chi connectivity index (χ0n) is 37.2. The number of hydrogen-bond donors (Lipinski definition) is 0. The van der Waals surface area contributed by atoms with Crippen LogP contribution >= 0.6 is 0 Å². The Morgan fingerprint density at radius 1 is 0.143 bits per heavy atom. The van der Waals surface area contributed by atoms with Crippen molar-refractivity contribution in [2.75, 3.05) is 132 Å². The summed E-state index contributed by atoms with van der Waals surface area (Å²) < 4.78 is 55.8. The largest absolute Gasteiger partial charge is 0.379 e. The summed E-state index contributed by atoms with van der Waals surface area (Å²) in [6.45, 7) is 16.5. The van der Waals surface area contributed by atoms with E-state index in [-0.39, 0.29) is 0 Å². The van der Waals surface area contributed by atoms with Gasteiger partial charge >= 0.3 is 0 Å². The van der Waals surface area contributed by atoms with Crippen molar-refractivity contribution in [2.24, 2.45) is 0 Å². The minimum atomic E-state index is 0.536. The first-order valence-electron chi connectivity index (χ1n) is 23.7. The molecule has 56 heavy (non-hydrogen) atoms. The van der Waals surface area contributed by atoms with E-state index in [2.05, 4.69) is 13.8 Å². The van der Waals surface area contributed by atoms with Gasteiger partial charge in [0.1, 0.15) is 0 Å². The third-order valence-corrected chi connectivity index (χ3v) is 9.63. The normalized spacial score (nSPS) is 11.7. The van der Waals surface area contributed by atoms with Gasteiger partial charge < -0.3 is 47.4 Å². The summed E-state index contributed by atoms with van der Waals surface area (Å²) in [4.78, 5) is 0. The molecule has 0 aromatic rings. The van der Waals surface area contributed by atoms with Crippen molar-refractivity contribution in [3.05, 3.63) is 0 Å². The minimum absolute atomic E-state index is 0.536. The van der Waals surface area contributed by atoms with Crippen molar-refractivity contribution in [3.8, 4) is 0 Å². The molecule has 0 N–H and O–H groups in total. The van der Waals surface area contributed by atoms with E-state index in [0.717, 1.165) is 26.1 Å². The Morgan fingerprint density at radius 3 is 0.429 bits per heavy atom. The molecule has 0 unspecified atom stereocenters. The third-order valence-electron chi connectivity index (χ3n) is 9.63. The maximum atomic E-state index is 5.69. The molecule has 0 heterocycles. The van der Waals surface area contributed by atoms with Crippen molar-refractivity contribution in [1.29, 1.82) is 0 Å². The van der Waals surface area contributed by atoms with E-state index in [4.69, 9.17) is 47.4 Å². The Kier molecular flexibility index (Phi) is 54.2. The Labute approximate surface area is 346 Å². The molecule has 0 spiro atoms. The Balaban J connectivity index is 3.05. The molecule has 0 atom stereocenters. The second-order valence-electron chi connectivity index (χ2n) is 14.9. The molecule has 0 aliphatic carbocycles. The highest BCUT2D eigenvalue weighted by molar-refractivity contribution is 4.50. The van der Waals surface area contributed by atoms with E-state index in [0.29, 0.717) is 119 Å². The SMILES string of the molecule is CCCCCCCCCCCCCCCOCCOCCOCCOCCOCCOCCOCCOCCOCCOCCCCCCCCCCCCC. The highest BCUT2D eigenvalue weighted by atomic mass is 16.6. The maximum Gasteiger partial charge on any atom is 0.0701 e. The zero-order valence-corrected chi connectivity index (χ0v) is 37.2. The van der Waals surface area contributed by atoms with Crippen LogP contribution in [0, 0.1) is 0 Å². The molecule has 0 aliphatic heterocycles. The fraction of sp³-hybridized carbons (Fsp3) is 1.00. The fourth-order valence-electron chi connectivity index (χ4n) is 6.17. The molecule has 0 aromatic heterocycles. The standard InChI is InChI=1S/C46H94O10/c1-3-5-7-9-11-13-15-16-18-20-22-24-26-28-48-30-32-50-34-36-52-38-40-54-42-44-56-46-45-55-43-41-53-39-37-51-35-33-49-31-29-47-27-25-23-21-19-17-14-12-10-8-6-4-2/h3-46H2,1-2H3. The Hall–Kier alpha value is -0.400. The second-order valence-corrected chi connectivity index (χ2v) is 14.9. The van der Waals surface area contributed by atoms with E-state index in [1.165, 1.54) is 141 Å². The number of ether oxygens (including phenoxy) is 10. The molecule has 338 valence electrons. The molecule has 0 bridgehead atoms. The summed E-state index contributed by atoms with van der Waals surface area (Å²) >= 11 is 0. The van der Waals surface area contributed by atoms with Crippen molar-refractivity contribution in [2.45, 2.75) is 168 Å². The highest BCUT2D eigenvalue weighted by Gasteiger charge is 1.98. The molecular formula is C46H94O10. The van der Waals surface area contributed by atoms with Gasteiger partial charge in [-0.15, -0.1) is 0 Å². The predicted molar refractivity (Wildman–Crippen MR) is 230 cm³/mol. The molecule has 0 rings (SSSR count). The van der Waals surface area contributed by atoms with Crippen LogP contribution < -0.4 is 0 Å². The van der Waals surface area contributed by atoms with Crippen LogP contribution in [0.5, 0.6) is 0 Å². The molecule has 0 aromatic carbocycles. The maximum absolute atomic E-state index is 5.69. The van der Waals surface area contributed by atoms with Gasteiger partial charge in [-0.3, -0.25) is 0 Å². The van der Waals surface area contributed by atoms with E-state index in [1.807, 2.05) is 0 Å². The van der Waals surface area contributed by atoms with Gasteiger partial charge in [0.2, 0.25) is 0 Å². The lowest BCUT2D eigenvalue weighted by Crippen LogP contribution is -2.15. The first kappa shape index (κ1) is 55.6. The van der Waals surface area contributed by atoms with Crippen LogP contribution in [0.2, 0.25) is 0 Å². The lowest BCUT2D eigenvalue weighted by molar-refractivity contribution is -0.0264. The summed E-state index contributed by atoms with van der Waals surface area (Å²) in [5, 5.41) is 0. The van der Waals surface area contributed by atoms with E-state index in [9.17, 15) is 0 Å². The van der Waals surface area contributed by atoms with Crippen molar-refractivity contribution < 1.29 is 47.4 Å². The van der Waals surface area contributed by atoms with Crippen LogP contribution in [0.4, 0.5) is 0 Å². The first-order chi connectivity index (χ1) is 27.9. The second kappa shape index (κ2) is 54.6. The highest BCUT2D eigenvalue weighted by Crippen LogP contribution is 2.13. The molecule has 0 amide bonds. The Morgan fingerprint density at radius 2 is 0.268 bits per heavy atom. The van der Waals surface area contributed by atoms with Crippen LogP contribution in [0.1, 0.15) is 168 Å². The molecule has 0 radical (unpaired) electrons. The average Bonchev–Trinajstić information content (AvgIpc) is 3.21. The van der Waals surface area contributed by atoms with Crippen LogP contribution in [0.15, 0.2) is 0 Å². The molecule has 0 aliphatic rings. The van der Waals surface area contributed by atoms with Gasteiger partial charge in [-0.2, -0.15) is 0 Å². The minimum Gasteiger partial charge on any atom is -0.379 e. The topological polar surface area (TPSA) is 92.3 Å². The van der Waals surface area contributed by atoms with Crippen molar-refractivity contribution >= 4 is 0 Å². The quantitative estimate of drug-likeness (QED) is 0.0553. The van der Waals surface area contributed by atoms with Gasteiger partial charge in [0, 0.05) is 13.2 Å². The summed E-state index contributed by atoms with van der Waals surface area (Å²) in [6, 6.07) is 0. The van der Waals surface area contributed by atoms with Crippen LogP contribution in [-0.4, -0.2) is 132 Å².